The van der Waals surface area contributed by atoms with E-state index in [0.717, 1.165) is 32.5 Å². The number of thiocarbonyl (C=S) groups is 1. The Balaban J connectivity index is 1.72. The summed E-state index contributed by atoms with van der Waals surface area (Å²) < 4.78 is 0. The molecule has 1 aromatic rings. The molecule has 0 saturated carbocycles. The number of nitrogens with one attached hydrogen (secondary N) is 2. The largest absolute Gasteiger partial charge is 0.360 e. The lowest BCUT2D eigenvalue weighted by molar-refractivity contribution is -0.117. The monoisotopic (exact) mass is 291 g/mol. The molecular weight excluding hydrogens is 270 g/mol. The molecule has 1 saturated heterocycles. The van der Waals surface area contributed by atoms with Gasteiger partial charge < -0.3 is 10.6 Å². The Morgan fingerprint density at radius 1 is 1.30 bits per heavy atom. The summed E-state index contributed by atoms with van der Waals surface area (Å²) in [5, 5.41) is 6.26. The predicted molar refractivity (Wildman–Crippen MR) is 84.3 cm³/mol. The lowest BCUT2D eigenvalue weighted by atomic mass is 10.0. The van der Waals surface area contributed by atoms with Gasteiger partial charge in [0.25, 0.3) is 0 Å². The highest BCUT2D eigenvalue weighted by Crippen LogP contribution is 2.13. The standard InChI is InChI=1S/C15H21N3OS/c1-12(19)16-15(20)17-14-7-9-18(10-8-14)11-13-5-3-2-4-6-13/h2-6,14H,7-11H2,1H3,(H2,16,17,19,20). The molecule has 5 heteroatoms. The summed E-state index contributed by atoms with van der Waals surface area (Å²) in [6.45, 7) is 4.57. The van der Waals surface area contributed by atoms with Crippen molar-refractivity contribution in [2.24, 2.45) is 0 Å². The van der Waals surface area contributed by atoms with Crippen molar-refractivity contribution in [3.05, 3.63) is 35.9 Å². The lowest BCUT2D eigenvalue weighted by Crippen LogP contribution is -2.48. The summed E-state index contributed by atoms with van der Waals surface area (Å²) in [5.74, 6) is -0.121. The first kappa shape index (κ1) is 14.9. The number of piperidine rings is 1. The first-order valence-corrected chi connectivity index (χ1v) is 7.38. The van der Waals surface area contributed by atoms with Crippen LogP contribution in [0.1, 0.15) is 25.3 Å². The average Bonchev–Trinajstić information content (AvgIpc) is 2.41. The van der Waals surface area contributed by atoms with Crippen molar-refractivity contribution in [2.45, 2.75) is 32.4 Å². The van der Waals surface area contributed by atoms with Crippen LogP contribution < -0.4 is 10.6 Å². The summed E-state index contributed by atoms with van der Waals surface area (Å²) in [5.41, 5.74) is 1.35. The van der Waals surface area contributed by atoms with Gasteiger partial charge in [-0.3, -0.25) is 9.69 Å². The third kappa shape index (κ3) is 4.90. The van der Waals surface area contributed by atoms with Gasteiger partial charge in [0.15, 0.2) is 5.11 Å². The zero-order chi connectivity index (χ0) is 14.4. The normalized spacial score (nSPS) is 16.6. The summed E-state index contributed by atoms with van der Waals surface area (Å²) >= 11 is 5.09. The van der Waals surface area contributed by atoms with Gasteiger partial charge >= 0.3 is 0 Å². The molecule has 0 bridgehead atoms. The molecule has 0 aromatic heterocycles. The van der Waals surface area contributed by atoms with Gasteiger partial charge in [0, 0.05) is 32.6 Å². The molecule has 0 radical (unpaired) electrons. The second kappa shape index (κ2) is 7.36. The number of carbonyl (C=O) groups excluding carboxylic acids is 1. The van der Waals surface area contributed by atoms with Crippen molar-refractivity contribution >= 4 is 23.2 Å². The smallest absolute Gasteiger partial charge is 0.222 e. The molecule has 4 nitrogen and oxygen atoms in total. The van der Waals surface area contributed by atoms with E-state index in [1.54, 1.807) is 0 Å². The van der Waals surface area contributed by atoms with Crippen LogP contribution in [0.2, 0.25) is 0 Å². The zero-order valence-corrected chi connectivity index (χ0v) is 12.6. The maximum absolute atomic E-state index is 10.9. The quantitative estimate of drug-likeness (QED) is 0.832. The van der Waals surface area contributed by atoms with Gasteiger partial charge in [-0.25, -0.2) is 0 Å². The number of benzene rings is 1. The summed E-state index contributed by atoms with van der Waals surface area (Å²) in [6, 6.07) is 10.9. The molecule has 1 aliphatic rings. The second-order valence-electron chi connectivity index (χ2n) is 5.19. The Kier molecular flexibility index (Phi) is 5.49. The molecule has 0 atom stereocenters. The number of rotatable bonds is 3. The highest BCUT2D eigenvalue weighted by atomic mass is 32.1. The van der Waals surface area contributed by atoms with Crippen LogP contribution in [0.25, 0.3) is 0 Å². The summed E-state index contributed by atoms with van der Waals surface area (Å²) in [4.78, 5) is 13.4. The third-order valence-corrected chi connectivity index (χ3v) is 3.68. The fourth-order valence-electron chi connectivity index (χ4n) is 2.46. The molecule has 108 valence electrons. The molecule has 0 spiro atoms. The average molecular weight is 291 g/mol. The van der Waals surface area contributed by atoms with E-state index in [2.05, 4.69) is 39.8 Å². The third-order valence-electron chi connectivity index (χ3n) is 3.46. The minimum absolute atomic E-state index is 0.121. The van der Waals surface area contributed by atoms with Gasteiger partial charge in [-0.2, -0.15) is 0 Å². The molecule has 2 rings (SSSR count). The topological polar surface area (TPSA) is 44.4 Å². The minimum Gasteiger partial charge on any atom is -0.360 e. The molecule has 0 aliphatic carbocycles. The molecule has 1 aromatic carbocycles. The van der Waals surface area contributed by atoms with Crippen LogP contribution in [0.5, 0.6) is 0 Å². The SMILES string of the molecule is CC(=O)NC(=S)NC1CCN(Cc2ccccc2)CC1. The Labute approximate surface area is 125 Å². The second-order valence-corrected chi connectivity index (χ2v) is 5.60. The molecule has 1 aliphatic heterocycles. The van der Waals surface area contributed by atoms with Crippen molar-refractivity contribution in [2.75, 3.05) is 13.1 Å². The highest BCUT2D eigenvalue weighted by Gasteiger charge is 2.19. The van der Waals surface area contributed by atoms with Crippen LogP contribution in [0, 0.1) is 0 Å². The maximum Gasteiger partial charge on any atom is 0.222 e. The van der Waals surface area contributed by atoms with E-state index in [0.29, 0.717) is 11.2 Å². The Morgan fingerprint density at radius 3 is 2.55 bits per heavy atom. The van der Waals surface area contributed by atoms with Crippen molar-refractivity contribution < 1.29 is 4.79 Å². The molecule has 0 unspecified atom stereocenters. The Bertz CT molecular complexity index is 455. The van der Waals surface area contributed by atoms with Crippen molar-refractivity contribution in [3.63, 3.8) is 0 Å². The number of hydrogen-bond acceptors (Lipinski definition) is 3. The zero-order valence-electron chi connectivity index (χ0n) is 11.8. The number of likely N-dealkylation sites (tertiary alicyclic amines) is 1. The van der Waals surface area contributed by atoms with E-state index in [4.69, 9.17) is 12.2 Å². The Morgan fingerprint density at radius 2 is 1.95 bits per heavy atom. The van der Waals surface area contributed by atoms with E-state index >= 15 is 0 Å². The van der Waals surface area contributed by atoms with E-state index in [1.165, 1.54) is 12.5 Å². The molecule has 2 N–H and O–H groups in total. The fourth-order valence-corrected chi connectivity index (χ4v) is 2.77. The van der Waals surface area contributed by atoms with Crippen LogP contribution in [0.4, 0.5) is 0 Å². The van der Waals surface area contributed by atoms with Crippen LogP contribution in [-0.4, -0.2) is 35.1 Å². The van der Waals surface area contributed by atoms with Gasteiger partial charge in [-0.05, 0) is 30.6 Å². The summed E-state index contributed by atoms with van der Waals surface area (Å²) in [6.07, 6.45) is 2.10. The van der Waals surface area contributed by atoms with Crippen LogP contribution in [0.15, 0.2) is 30.3 Å². The first-order valence-electron chi connectivity index (χ1n) is 6.98. The van der Waals surface area contributed by atoms with Gasteiger partial charge in [0.1, 0.15) is 0 Å². The van der Waals surface area contributed by atoms with Crippen LogP contribution in [-0.2, 0) is 11.3 Å². The van der Waals surface area contributed by atoms with E-state index in [1.807, 2.05) is 6.07 Å². The number of amides is 1. The molecule has 1 fully saturated rings. The molecular formula is C15H21N3OS. The van der Waals surface area contributed by atoms with Gasteiger partial charge in [-0.1, -0.05) is 30.3 Å². The highest BCUT2D eigenvalue weighted by molar-refractivity contribution is 7.80. The predicted octanol–water partition coefficient (Wildman–Crippen LogP) is 1.66. The number of nitrogens with zero attached hydrogens (tertiary/aromatic N) is 1. The lowest BCUT2D eigenvalue weighted by Gasteiger charge is -2.32. The van der Waals surface area contributed by atoms with Gasteiger partial charge in [0.05, 0.1) is 0 Å². The first-order chi connectivity index (χ1) is 9.63. The van der Waals surface area contributed by atoms with Crippen molar-refractivity contribution in [3.8, 4) is 0 Å². The molecule has 20 heavy (non-hydrogen) atoms. The maximum atomic E-state index is 10.9. The van der Waals surface area contributed by atoms with E-state index in [9.17, 15) is 4.79 Å². The van der Waals surface area contributed by atoms with Gasteiger partial charge in [-0.15, -0.1) is 0 Å². The fraction of sp³-hybridized carbons (Fsp3) is 0.467. The van der Waals surface area contributed by atoms with E-state index in [-0.39, 0.29) is 5.91 Å². The Hall–Kier alpha value is -1.46. The minimum atomic E-state index is -0.121. The summed E-state index contributed by atoms with van der Waals surface area (Å²) in [7, 11) is 0. The van der Waals surface area contributed by atoms with Crippen molar-refractivity contribution in [1.29, 1.82) is 0 Å². The van der Waals surface area contributed by atoms with Crippen molar-refractivity contribution in [1.82, 2.24) is 15.5 Å². The molecule has 1 amide bonds. The van der Waals surface area contributed by atoms with Gasteiger partial charge in [0.2, 0.25) is 5.91 Å². The van der Waals surface area contributed by atoms with Crippen LogP contribution >= 0.6 is 12.2 Å². The number of carbonyl (C=O) groups is 1. The van der Waals surface area contributed by atoms with Crippen LogP contribution in [0.3, 0.4) is 0 Å². The molecule has 1 heterocycles. The number of hydrogen-bond donors (Lipinski definition) is 2. The van der Waals surface area contributed by atoms with E-state index < -0.39 is 0 Å².